The molecule has 0 aromatic heterocycles. The average molecular weight is 480 g/mol. The van der Waals surface area contributed by atoms with Crippen molar-refractivity contribution in [3.8, 4) is 5.75 Å². The van der Waals surface area contributed by atoms with E-state index in [9.17, 15) is 4.79 Å². The van der Waals surface area contributed by atoms with Gasteiger partial charge in [-0.15, -0.1) is 11.8 Å². The van der Waals surface area contributed by atoms with Crippen molar-refractivity contribution in [2.75, 3.05) is 23.1 Å². The molecule has 0 saturated heterocycles. The number of amides is 1. The van der Waals surface area contributed by atoms with E-state index in [2.05, 4.69) is 22.0 Å². The van der Waals surface area contributed by atoms with Crippen molar-refractivity contribution in [1.82, 2.24) is 0 Å². The number of anilines is 3. The summed E-state index contributed by atoms with van der Waals surface area (Å²) < 4.78 is 5.36. The lowest BCUT2D eigenvalue weighted by Gasteiger charge is -2.17. The molecule has 0 aliphatic heterocycles. The average Bonchev–Trinajstić information content (AvgIpc) is 2.77. The Kier molecular flexibility index (Phi) is 8.74. The Morgan fingerprint density at radius 2 is 1.67 bits per heavy atom. The first kappa shape index (κ1) is 24.6. The molecule has 3 rings (SSSR count). The fraction of sp³-hybridized carbons (Fsp3) is 0.231. The maximum Gasteiger partial charge on any atom is 0.237 e. The second kappa shape index (κ2) is 11.7. The van der Waals surface area contributed by atoms with Crippen LogP contribution in [0, 0.1) is 13.8 Å². The molecule has 0 spiro atoms. The van der Waals surface area contributed by atoms with Gasteiger partial charge in [-0.1, -0.05) is 31.2 Å². The Bertz CT molecular complexity index is 1110. The van der Waals surface area contributed by atoms with E-state index in [0.29, 0.717) is 17.3 Å². The predicted octanol–water partition coefficient (Wildman–Crippen LogP) is 6.63. The lowest BCUT2D eigenvalue weighted by atomic mass is 10.1. The van der Waals surface area contributed by atoms with Crippen LogP contribution in [-0.2, 0) is 4.79 Å². The van der Waals surface area contributed by atoms with E-state index < -0.39 is 0 Å². The summed E-state index contributed by atoms with van der Waals surface area (Å²) in [6.07, 6.45) is 0.715. The monoisotopic (exact) mass is 479 g/mol. The van der Waals surface area contributed by atoms with Gasteiger partial charge in [0, 0.05) is 16.3 Å². The van der Waals surface area contributed by atoms with E-state index in [1.54, 1.807) is 18.9 Å². The highest BCUT2D eigenvalue weighted by Gasteiger charge is 2.18. The van der Waals surface area contributed by atoms with E-state index in [0.717, 1.165) is 33.1 Å². The lowest BCUT2D eigenvalue weighted by Crippen LogP contribution is -2.24. The molecule has 7 heteroatoms. The maximum atomic E-state index is 12.9. The van der Waals surface area contributed by atoms with Crippen LogP contribution < -0.4 is 20.7 Å². The molecule has 3 aromatic rings. The van der Waals surface area contributed by atoms with Gasteiger partial charge in [0.15, 0.2) is 5.11 Å². The summed E-state index contributed by atoms with van der Waals surface area (Å²) in [4.78, 5) is 13.9. The molecule has 0 aliphatic rings. The number of carbonyl (C=O) groups excluding carboxylic acids is 1. The summed E-state index contributed by atoms with van der Waals surface area (Å²) in [7, 11) is 1.62. The van der Waals surface area contributed by atoms with Gasteiger partial charge in [-0.2, -0.15) is 0 Å². The summed E-state index contributed by atoms with van der Waals surface area (Å²) >= 11 is 7.01. The molecule has 5 nitrogen and oxygen atoms in total. The SMILES string of the molecule is CCC(Sc1cccc(NC(=S)Nc2ccccc2OC)c1)C(=O)Nc1cc(C)cc(C)c1. The van der Waals surface area contributed by atoms with Crippen molar-refractivity contribution in [2.45, 2.75) is 37.3 Å². The third-order valence-electron chi connectivity index (χ3n) is 4.88. The van der Waals surface area contributed by atoms with Crippen LogP contribution in [0.15, 0.2) is 71.6 Å². The molecule has 3 N–H and O–H groups in total. The number of carbonyl (C=O) groups is 1. The molecule has 1 atom stereocenters. The van der Waals surface area contributed by atoms with Crippen molar-refractivity contribution in [2.24, 2.45) is 0 Å². The Morgan fingerprint density at radius 1 is 0.939 bits per heavy atom. The molecule has 0 fully saturated rings. The standard InChI is InChI=1S/C26H29N3O2S2/c1-5-24(25(30)27-20-14-17(2)13-18(3)15-20)33-21-10-8-9-19(16-21)28-26(32)29-22-11-6-7-12-23(22)31-4/h6-16,24H,5H2,1-4H3,(H,27,30)(H2,28,29,32). The van der Waals surface area contributed by atoms with Gasteiger partial charge in [0.25, 0.3) is 0 Å². The summed E-state index contributed by atoms with van der Waals surface area (Å²) in [5, 5.41) is 9.68. The van der Waals surface area contributed by atoms with Gasteiger partial charge in [-0.3, -0.25) is 4.79 Å². The van der Waals surface area contributed by atoms with Crippen molar-refractivity contribution < 1.29 is 9.53 Å². The number of nitrogens with one attached hydrogen (secondary N) is 3. The van der Waals surface area contributed by atoms with Gasteiger partial charge in [0.05, 0.1) is 18.0 Å². The normalized spacial score (nSPS) is 11.4. The zero-order valence-electron chi connectivity index (χ0n) is 19.3. The van der Waals surface area contributed by atoms with Crippen LogP contribution in [0.3, 0.4) is 0 Å². The Hall–Kier alpha value is -3.03. The number of aryl methyl sites for hydroxylation is 2. The number of rotatable bonds is 8. The summed E-state index contributed by atoms with van der Waals surface area (Å²) in [6, 6.07) is 21.5. The molecule has 1 unspecified atom stereocenters. The first-order chi connectivity index (χ1) is 15.9. The molecule has 0 bridgehead atoms. The van der Waals surface area contributed by atoms with E-state index in [1.807, 2.05) is 81.4 Å². The van der Waals surface area contributed by atoms with E-state index in [4.69, 9.17) is 17.0 Å². The number of thiocarbonyl (C=S) groups is 1. The molecule has 1 amide bonds. The van der Waals surface area contributed by atoms with Gasteiger partial charge in [-0.25, -0.2) is 0 Å². The summed E-state index contributed by atoms with van der Waals surface area (Å²) in [5.74, 6) is 0.714. The van der Waals surface area contributed by atoms with Gasteiger partial charge < -0.3 is 20.7 Å². The number of hydrogen-bond donors (Lipinski definition) is 3. The molecule has 172 valence electrons. The molecular weight excluding hydrogens is 450 g/mol. The van der Waals surface area contributed by atoms with Crippen molar-refractivity contribution in [3.05, 3.63) is 77.9 Å². The molecule has 33 heavy (non-hydrogen) atoms. The Morgan fingerprint density at radius 3 is 2.36 bits per heavy atom. The van der Waals surface area contributed by atoms with Gasteiger partial charge in [-0.05, 0) is 86.1 Å². The number of ether oxygens (including phenoxy) is 1. The van der Waals surface area contributed by atoms with Gasteiger partial charge in [0.1, 0.15) is 5.75 Å². The van der Waals surface area contributed by atoms with E-state index in [1.165, 1.54) is 0 Å². The second-order valence-corrected chi connectivity index (χ2v) is 9.37. The Labute approximate surface area is 205 Å². The van der Waals surface area contributed by atoms with Crippen molar-refractivity contribution >= 4 is 52.1 Å². The maximum absolute atomic E-state index is 12.9. The topological polar surface area (TPSA) is 62.4 Å². The van der Waals surface area contributed by atoms with E-state index >= 15 is 0 Å². The van der Waals surface area contributed by atoms with Crippen LogP contribution in [0.1, 0.15) is 24.5 Å². The van der Waals surface area contributed by atoms with Crippen LogP contribution in [-0.4, -0.2) is 23.4 Å². The highest BCUT2D eigenvalue weighted by Crippen LogP contribution is 2.29. The molecule has 0 heterocycles. The zero-order chi connectivity index (χ0) is 23.8. The third kappa shape index (κ3) is 7.23. The number of benzene rings is 3. The number of methoxy groups -OCH3 is 1. The number of para-hydroxylation sites is 2. The van der Waals surface area contributed by atoms with Crippen molar-refractivity contribution in [3.63, 3.8) is 0 Å². The predicted molar refractivity (Wildman–Crippen MR) is 144 cm³/mol. The molecule has 0 radical (unpaired) electrons. The fourth-order valence-electron chi connectivity index (χ4n) is 3.44. The number of thioether (sulfide) groups is 1. The molecule has 0 aliphatic carbocycles. The van der Waals surface area contributed by atoms with Gasteiger partial charge in [0.2, 0.25) is 5.91 Å². The van der Waals surface area contributed by atoms with Crippen LogP contribution in [0.25, 0.3) is 0 Å². The fourth-order valence-corrected chi connectivity index (χ4v) is 4.68. The quantitative estimate of drug-likeness (QED) is 0.249. The minimum atomic E-state index is -0.209. The first-order valence-corrected chi connectivity index (χ1v) is 12.0. The largest absolute Gasteiger partial charge is 0.495 e. The van der Waals surface area contributed by atoms with E-state index in [-0.39, 0.29) is 11.2 Å². The lowest BCUT2D eigenvalue weighted by molar-refractivity contribution is -0.115. The van der Waals surface area contributed by atoms with Gasteiger partial charge >= 0.3 is 0 Å². The summed E-state index contributed by atoms with van der Waals surface area (Å²) in [5.41, 5.74) is 4.72. The van der Waals surface area contributed by atoms with Crippen LogP contribution in [0.4, 0.5) is 17.1 Å². The van der Waals surface area contributed by atoms with Crippen LogP contribution >= 0.6 is 24.0 Å². The number of hydrogen-bond acceptors (Lipinski definition) is 4. The Balaban J connectivity index is 1.64. The second-order valence-electron chi connectivity index (χ2n) is 7.69. The zero-order valence-corrected chi connectivity index (χ0v) is 20.9. The smallest absolute Gasteiger partial charge is 0.237 e. The summed E-state index contributed by atoms with van der Waals surface area (Å²) in [6.45, 7) is 6.08. The van der Waals surface area contributed by atoms with Crippen LogP contribution in [0.2, 0.25) is 0 Å². The minimum absolute atomic E-state index is 0.000720. The first-order valence-electron chi connectivity index (χ1n) is 10.7. The highest BCUT2D eigenvalue weighted by molar-refractivity contribution is 8.00. The highest BCUT2D eigenvalue weighted by atomic mass is 32.2. The minimum Gasteiger partial charge on any atom is -0.495 e. The molecule has 0 saturated carbocycles. The third-order valence-corrected chi connectivity index (χ3v) is 6.44. The molecular formula is C26H29N3O2S2. The van der Waals surface area contributed by atoms with Crippen LogP contribution in [0.5, 0.6) is 5.75 Å². The van der Waals surface area contributed by atoms with Crippen molar-refractivity contribution in [1.29, 1.82) is 0 Å². The molecule has 3 aromatic carbocycles.